The fourth-order valence-corrected chi connectivity index (χ4v) is 2.22. The Labute approximate surface area is 142 Å². The molecule has 2 aromatic carbocycles. The first kappa shape index (κ1) is 16.5. The molecule has 0 atom stereocenters. The second-order valence-electron chi connectivity index (χ2n) is 4.55. The molecule has 0 unspecified atom stereocenters. The number of halogens is 2. The van der Waals surface area contributed by atoms with Gasteiger partial charge in [-0.15, -0.1) is 0 Å². The van der Waals surface area contributed by atoms with Gasteiger partial charge in [0.05, 0.1) is 11.3 Å². The number of hydrogen-bond acceptors (Lipinski definition) is 2. The van der Waals surface area contributed by atoms with Gasteiger partial charge in [-0.1, -0.05) is 34.5 Å². The molecule has 2 aromatic rings. The van der Waals surface area contributed by atoms with E-state index in [1.807, 2.05) is 12.1 Å². The Morgan fingerprint density at radius 1 is 1.09 bits per heavy atom. The lowest BCUT2D eigenvalue weighted by Gasteiger charge is -2.11. The first-order chi connectivity index (χ1) is 10.5. The molecule has 0 aromatic heterocycles. The van der Waals surface area contributed by atoms with Gasteiger partial charge in [0.1, 0.15) is 0 Å². The normalized spacial score (nSPS) is 10.1. The molecule has 0 aliphatic heterocycles. The number of rotatable bonds is 4. The molecular weight excluding hydrogens is 368 g/mol. The monoisotopic (exact) mass is 380 g/mol. The quantitative estimate of drug-likeness (QED) is 0.806. The zero-order valence-corrected chi connectivity index (χ0v) is 14.2. The topological polar surface area (TPSA) is 58.2 Å². The number of nitrogens with one attached hydrogen (secondary N) is 2. The summed E-state index contributed by atoms with van der Waals surface area (Å²) in [7, 11) is 0. The minimum absolute atomic E-state index is 0.167. The van der Waals surface area contributed by atoms with Crippen LogP contribution < -0.4 is 10.6 Å². The van der Waals surface area contributed by atoms with E-state index >= 15 is 0 Å². The number of hydrogen-bond donors (Lipinski definition) is 2. The number of anilines is 2. The Hall–Kier alpha value is -1.85. The van der Waals surface area contributed by atoms with Gasteiger partial charge in [0.25, 0.3) is 5.91 Å². The van der Waals surface area contributed by atoms with Gasteiger partial charge in [0.15, 0.2) is 0 Å². The van der Waals surface area contributed by atoms with E-state index in [0.29, 0.717) is 28.4 Å². The summed E-state index contributed by atoms with van der Waals surface area (Å²) in [6.45, 7) is 1.74. The molecule has 2 rings (SSSR count). The first-order valence-electron chi connectivity index (χ1n) is 6.66. The summed E-state index contributed by atoms with van der Waals surface area (Å²) in [5, 5.41) is 5.90. The lowest BCUT2D eigenvalue weighted by Crippen LogP contribution is -2.17. The van der Waals surface area contributed by atoms with Crippen LogP contribution in [0.2, 0.25) is 5.02 Å². The molecule has 0 radical (unpaired) electrons. The highest BCUT2D eigenvalue weighted by molar-refractivity contribution is 9.10. The van der Waals surface area contributed by atoms with E-state index in [-0.39, 0.29) is 11.8 Å². The van der Waals surface area contributed by atoms with Crippen LogP contribution in [-0.2, 0) is 4.79 Å². The number of benzene rings is 2. The number of amides is 2. The van der Waals surface area contributed by atoms with E-state index in [2.05, 4.69) is 26.6 Å². The summed E-state index contributed by atoms with van der Waals surface area (Å²) >= 11 is 9.29. The summed E-state index contributed by atoms with van der Waals surface area (Å²) in [6.07, 6.45) is 0.330. The molecule has 0 bridgehead atoms. The highest BCUT2D eigenvalue weighted by Crippen LogP contribution is 2.23. The molecular formula is C16H14BrClN2O2. The second kappa shape index (κ2) is 7.42. The van der Waals surface area contributed by atoms with Gasteiger partial charge in [-0.25, -0.2) is 0 Å². The largest absolute Gasteiger partial charge is 0.325 e. The van der Waals surface area contributed by atoms with Crippen LogP contribution in [0.3, 0.4) is 0 Å². The molecule has 0 saturated carbocycles. The van der Waals surface area contributed by atoms with E-state index in [1.54, 1.807) is 31.2 Å². The van der Waals surface area contributed by atoms with Crippen molar-refractivity contribution >= 4 is 50.7 Å². The maximum Gasteiger partial charge on any atom is 0.257 e. The van der Waals surface area contributed by atoms with Crippen LogP contribution in [0.4, 0.5) is 11.4 Å². The Morgan fingerprint density at radius 3 is 2.41 bits per heavy atom. The first-order valence-corrected chi connectivity index (χ1v) is 7.83. The molecule has 6 heteroatoms. The molecule has 114 valence electrons. The van der Waals surface area contributed by atoms with Crippen molar-refractivity contribution in [3.05, 3.63) is 57.5 Å². The number of carbonyl (C=O) groups is 2. The van der Waals surface area contributed by atoms with Crippen molar-refractivity contribution in [3.63, 3.8) is 0 Å². The summed E-state index contributed by atoms with van der Waals surface area (Å²) < 4.78 is 0.921. The van der Waals surface area contributed by atoms with E-state index in [0.717, 1.165) is 4.47 Å². The van der Waals surface area contributed by atoms with Crippen molar-refractivity contribution in [2.45, 2.75) is 13.3 Å². The zero-order valence-electron chi connectivity index (χ0n) is 11.8. The molecule has 2 amide bonds. The van der Waals surface area contributed by atoms with E-state index in [4.69, 9.17) is 11.6 Å². The third-order valence-electron chi connectivity index (χ3n) is 2.92. The molecule has 22 heavy (non-hydrogen) atoms. The molecule has 0 fully saturated rings. The summed E-state index contributed by atoms with van der Waals surface area (Å²) in [5.41, 5.74) is 1.41. The molecule has 2 N–H and O–H groups in total. The van der Waals surface area contributed by atoms with Gasteiger partial charge < -0.3 is 10.6 Å². The standard InChI is InChI=1S/C16H14BrClN2O2/c1-2-15(21)20-14-8-5-11(18)9-13(14)16(22)19-12-6-3-10(17)4-7-12/h3-9H,2H2,1H3,(H,19,22)(H,20,21). The fraction of sp³-hybridized carbons (Fsp3) is 0.125. The molecule has 0 aliphatic carbocycles. The highest BCUT2D eigenvalue weighted by atomic mass is 79.9. The van der Waals surface area contributed by atoms with Crippen LogP contribution in [0.1, 0.15) is 23.7 Å². The highest BCUT2D eigenvalue weighted by Gasteiger charge is 2.14. The van der Waals surface area contributed by atoms with Gasteiger partial charge in [0.2, 0.25) is 5.91 Å². The van der Waals surface area contributed by atoms with E-state index in [9.17, 15) is 9.59 Å². The average Bonchev–Trinajstić information content (AvgIpc) is 2.51. The van der Waals surface area contributed by atoms with Crippen molar-refractivity contribution in [2.24, 2.45) is 0 Å². The minimum atomic E-state index is -0.337. The van der Waals surface area contributed by atoms with Crippen LogP contribution in [0.15, 0.2) is 46.9 Å². The second-order valence-corrected chi connectivity index (χ2v) is 5.90. The lowest BCUT2D eigenvalue weighted by molar-refractivity contribution is -0.115. The Kier molecular flexibility index (Phi) is 5.57. The van der Waals surface area contributed by atoms with Crippen LogP contribution in [0.5, 0.6) is 0 Å². The fourth-order valence-electron chi connectivity index (χ4n) is 1.78. The third kappa shape index (κ3) is 4.32. The molecule has 0 saturated heterocycles. The van der Waals surface area contributed by atoms with Crippen molar-refractivity contribution < 1.29 is 9.59 Å². The maximum absolute atomic E-state index is 12.4. The lowest BCUT2D eigenvalue weighted by atomic mass is 10.1. The predicted molar refractivity (Wildman–Crippen MR) is 92.5 cm³/mol. The zero-order chi connectivity index (χ0) is 16.1. The molecule has 0 spiro atoms. The summed E-state index contributed by atoms with van der Waals surface area (Å²) in [5.74, 6) is -0.503. The maximum atomic E-state index is 12.4. The summed E-state index contributed by atoms with van der Waals surface area (Å²) in [6, 6.07) is 12.0. The predicted octanol–water partition coefficient (Wildman–Crippen LogP) is 4.70. The average molecular weight is 382 g/mol. The van der Waals surface area contributed by atoms with Crippen molar-refractivity contribution in [2.75, 3.05) is 10.6 Å². The Balaban J connectivity index is 2.25. The van der Waals surface area contributed by atoms with Crippen LogP contribution in [-0.4, -0.2) is 11.8 Å². The Bertz CT molecular complexity index is 702. The molecule has 0 aliphatic rings. The van der Waals surface area contributed by atoms with Gasteiger partial charge in [-0.05, 0) is 42.5 Å². The SMILES string of the molecule is CCC(=O)Nc1ccc(Cl)cc1C(=O)Nc1ccc(Br)cc1. The molecule has 4 nitrogen and oxygen atoms in total. The third-order valence-corrected chi connectivity index (χ3v) is 3.69. The van der Waals surface area contributed by atoms with Crippen molar-refractivity contribution in [1.82, 2.24) is 0 Å². The van der Waals surface area contributed by atoms with Gasteiger partial charge >= 0.3 is 0 Å². The molecule has 0 heterocycles. The van der Waals surface area contributed by atoms with E-state index < -0.39 is 0 Å². The van der Waals surface area contributed by atoms with Gasteiger partial charge in [0, 0.05) is 21.6 Å². The van der Waals surface area contributed by atoms with Crippen LogP contribution >= 0.6 is 27.5 Å². The Morgan fingerprint density at radius 2 is 1.77 bits per heavy atom. The van der Waals surface area contributed by atoms with Gasteiger partial charge in [-0.2, -0.15) is 0 Å². The van der Waals surface area contributed by atoms with Crippen molar-refractivity contribution in [1.29, 1.82) is 0 Å². The number of carbonyl (C=O) groups excluding carboxylic acids is 2. The van der Waals surface area contributed by atoms with E-state index in [1.165, 1.54) is 6.07 Å². The minimum Gasteiger partial charge on any atom is -0.325 e. The smallest absolute Gasteiger partial charge is 0.257 e. The van der Waals surface area contributed by atoms with Gasteiger partial charge in [-0.3, -0.25) is 9.59 Å². The van der Waals surface area contributed by atoms with Crippen LogP contribution in [0, 0.1) is 0 Å². The summed E-state index contributed by atoms with van der Waals surface area (Å²) in [4.78, 5) is 24.0. The van der Waals surface area contributed by atoms with Crippen LogP contribution in [0.25, 0.3) is 0 Å². The van der Waals surface area contributed by atoms with Crippen molar-refractivity contribution in [3.8, 4) is 0 Å².